The van der Waals surface area contributed by atoms with Crippen molar-refractivity contribution in [3.8, 4) is 0 Å². The number of nitrogens with zero attached hydrogens (tertiary/aromatic N) is 3. The van der Waals surface area contributed by atoms with Gasteiger partial charge in [-0.15, -0.1) is 0 Å². The van der Waals surface area contributed by atoms with Gasteiger partial charge in [-0.3, -0.25) is 9.59 Å². The van der Waals surface area contributed by atoms with Gasteiger partial charge in [-0.25, -0.2) is 0 Å². The minimum Gasteiger partial charge on any atom is -0.336 e. The first-order valence-corrected chi connectivity index (χ1v) is 8.02. The number of anilines is 1. The molecule has 1 aliphatic rings. The van der Waals surface area contributed by atoms with E-state index in [2.05, 4.69) is 5.32 Å². The zero-order valence-electron chi connectivity index (χ0n) is 14.2. The molecule has 0 saturated carbocycles. The summed E-state index contributed by atoms with van der Waals surface area (Å²) in [5, 5.41) is 3.24. The number of hydrogen-bond acceptors (Lipinski definition) is 4. The summed E-state index contributed by atoms with van der Waals surface area (Å²) in [4.78, 5) is 29.9. The van der Waals surface area contributed by atoms with E-state index >= 15 is 0 Å². The van der Waals surface area contributed by atoms with Gasteiger partial charge in [-0.1, -0.05) is 0 Å². The largest absolute Gasteiger partial charge is 0.336 e. The van der Waals surface area contributed by atoms with Crippen LogP contribution in [0.1, 0.15) is 17.3 Å². The molecule has 1 heterocycles. The van der Waals surface area contributed by atoms with E-state index < -0.39 is 0 Å². The van der Waals surface area contributed by atoms with E-state index in [-0.39, 0.29) is 11.8 Å². The van der Waals surface area contributed by atoms with E-state index in [0.717, 1.165) is 38.4 Å². The fourth-order valence-corrected chi connectivity index (χ4v) is 2.60. The molecule has 0 aliphatic carbocycles. The molecule has 0 atom stereocenters. The summed E-state index contributed by atoms with van der Waals surface area (Å²) in [6.45, 7) is 6.15. The van der Waals surface area contributed by atoms with E-state index in [1.54, 1.807) is 11.8 Å². The van der Waals surface area contributed by atoms with Crippen LogP contribution in [0, 0.1) is 0 Å². The topological polar surface area (TPSA) is 55.9 Å². The molecular formula is C17H26N4O2. The lowest BCUT2D eigenvalue weighted by Crippen LogP contribution is -2.46. The van der Waals surface area contributed by atoms with E-state index in [9.17, 15) is 9.59 Å². The highest BCUT2D eigenvalue weighted by Crippen LogP contribution is 2.17. The summed E-state index contributed by atoms with van der Waals surface area (Å²) in [6.07, 6.45) is 0. The Hall–Kier alpha value is -1.92. The van der Waals surface area contributed by atoms with Gasteiger partial charge in [0.2, 0.25) is 5.91 Å². The summed E-state index contributed by atoms with van der Waals surface area (Å²) in [6, 6.07) is 7.33. The van der Waals surface area contributed by atoms with Crippen molar-refractivity contribution in [3.05, 3.63) is 29.8 Å². The second-order valence-electron chi connectivity index (χ2n) is 6.06. The third kappa shape index (κ3) is 4.77. The molecule has 6 nitrogen and oxygen atoms in total. The molecule has 1 aromatic carbocycles. The third-order valence-corrected chi connectivity index (χ3v) is 3.98. The van der Waals surface area contributed by atoms with E-state index in [1.165, 1.54) is 0 Å². The molecule has 1 fully saturated rings. The van der Waals surface area contributed by atoms with Crippen molar-refractivity contribution in [3.63, 3.8) is 0 Å². The van der Waals surface area contributed by atoms with Crippen LogP contribution in [0.2, 0.25) is 0 Å². The number of carbonyl (C=O) groups excluding carboxylic acids is 2. The smallest absolute Gasteiger partial charge is 0.253 e. The average Bonchev–Trinajstić information content (AvgIpc) is 2.55. The molecule has 1 aliphatic heterocycles. The molecule has 23 heavy (non-hydrogen) atoms. The number of likely N-dealkylation sites (N-methyl/N-ethyl adjacent to an activating group) is 1. The lowest BCUT2D eigenvalue weighted by Gasteiger charge is -2.28. The summed E-state index contributed by atoms with van der Waals surface area (Å²) in [7, 11) is 3.96. The molecule has 0 bridgehead atoms. The van der Waals surface area contributed by atoms with Gasteiger partial charge >= 0.3 is 0 Å². The van der Waals surface area contributed by atoms with E-state index in [1.807, 2.05) is 48.2 Å². The lowest BCUT2D eigenvalue weighted by atomic mass is 10.1. The van der Waals surface area contributed by atoms with Gasteiger partial charge in [0, 0.05) is 57.4 Å². The Morgan fingerprint density at radius 1 is 1.09 bits per heavy atom. The standard InChI is InChI=1S/C17H26N4O2/c1-14(22)21(13-12-19(2)3)16-6-4-15(5-7-16)17(23)20-10-8-18-9-11-20/h4-7,18H,8-13H2,1-3H3. The molecule has 0 unspecified atom stereocenters. The summed E-state index contributed by atoms with van der Waals surface area (Å²) in [5.74, 6) is 0.0637. The first kappa shape index (κ1) is 17.4. The molecule has 1 N–H and O–H groups in total. The molecule has 0 spiro atoms. The maximum Gasteiger partial charge on any atom is 0.253 e. The van der Waals surface area contributed by atoms with Gasteiger partial charge < -0.3 is 20.0 Å². The Labute approximate surface area is 138 Å². The molecular weight excluding hydrogens is 292 g/mol. The summed E-state index contributed by atoms with van der Waals surface area (Å²) in [5.41, 5.74) is 1.50. The highest BCUT2D eigenvalue weighted by molar-refractivity contribution is 5.96. The molecule has 2 amide bonds. The quantitative estimate of drug-likeness (QED) is 0.866. The monoisotopic (exact) mass is 318 g/mol. The summed E-state index contributed by atoms with van der Waals surface area (Å²) >= 11 is 0. The van der Waals surface area contributed by atoms with Crippen LogP contribution >= 0.6 is 0 Å². The number of hydrogen-bond donors (Lipinski definition) is 1. The van der Waals surface area contributed by atoms with Crippen LogP contribution in [-0.4, -0.2) is 75.0 Å². The second kappa shape index (κ2) is 8.08. The lowest BCUT2D eigenvalue weighted by molar-refractivity contribution is -0.116. The molecule has 126 valence electrons. The number of benzene rings is 1. The second-order valence-corrected chi connectivity index (χ2v) is 6.06. The number of amides is 2. The first-order valence-electron chi connectivity index (χ1n) is 8.02. The predicted octanol–water partition coefficient (Wildman–Crippen LogP) is 0.647. The van der Waals surface area contributed by atoms with Gasteiger partial charge in [0.1, 0.15) is 0 Å². The normalized spacial score (nSPS) is 14.9. The highest BCUT2D eigenvalue weighted by Gasteiger charge is 2.18. The Bertz CT molecular complexity index is 536. The number of nitrogens with one attached hydrogen (secondary N) is 1. The zero-order valence-corrected chi connectivity index (χ0v) is 14.2. The zero-order chi connectivity index (χ0) is 16.8. The molecule has 1 aromatic rings. The SMILES string of the molecule is CC(=O)N(CCN(C)C)c1ccc(C(=O)N2CCNCC2)cc1. The van der Waals surface area contributed by atoms with Crippen LogP contribution in [0.4, 0.5) is 5.69 Å². The maximum absolute atomic E-state index is 12.4. The Kier molecular flexibility index (Phi) is 6.12. The van der Waals surface area contributed by atoms with Crippen molar-refractivity contribution in [2.45, 2.75) is 6.92 Å². The van der Waals surface area contributed by atoms with Crippen LogP contribution in [0.25, 0.3) is 0 Å². The molecule has 2 rings (SSSR count). The molecule has 0 aromatic heterocycles. The molecule has 0 radical (unpaired) electrons. The van der Waals surface area contributed by atoms with Crippen LogP contribution in [0.3, 0.4) is 0 Å². The van der Waals surface area contributed by atoms with Crippen LogP contribution < -0.4 is 10.2 Å². The van der Waals surface area contributed by atoms with Crippen molar-refractivity contribution in [2.75, 3.05) is 58.3 Å². The van der Waals surface area contributed by atoms with Gasteiger partial charge in [0.25, 0.3) is 5.91 Å². The van der Waals surface area contributed by atoms with Crippen molar-refractivity contribution >= 4 is 17.5 Å². The van der Waals surface area contributed by atoms with Crippen molar-refractivity contribution in [1.29, 1.82) is 0 Å². The number of carbonyl (C=O) groups is 2. The van der Waals surface area contributed by atoms with Crippen LogP contribution in [0.5, 0.6) is 0 Å². The third-order valence-electron chi connectivity index (χ3n) is 3.98. The minimum absolute atomic E-state index is 0.00744. The first-order chi connectivity index (χ1) is 11.0. The van der Waals surface area contributed by atoms with Crippen LogP contribution in [-0.2, 0) is 4.79 Å². The van der Waals surface area contributed by atoms with Crippen molar-refractivity contribution < 1.29 is 9.59 Å². The van der Waals surface area contributed by atoms with Crippen molar-refractivity contribution in [2.24, 2.45) is 0 Å². The van der Waals surface area contributed by atoms with Gasteiger partial charge in [-0.2, -0.15) is 0 Å². The summed E-state index contributed by atoms with van der Waals surface area (Å²) < 4.78 is 0. The van der Waals surface area contributed by atoms with Gasteiger partial charge in [0.15, 0.2) is 0 Å². The van der Waals surface area contributed by atoms with Crippen molar-refractivity contribution in [1.82, 2.24) is 15.1 Å². The molecule has 6 heteroatoms. The molecule has 1 saturated heterocycles. The van der Waals surface area contributed by atoms with Gasteiger partial charge in [-0.05, 0) is 38.4 Å². The van der Waals surface area contributed by atoms with Crippen LogP contribution in [0.15, 0.2) is 24.3 Å². The van der Waals surface area contributed by atoms with E-state index in [0.29, 0.717) is 12.1 Å². The number of piperazine rings is 1. The highest BCUT2D eigenvalue weighted by atomic mass is 16.2. The Balaban J connectivity index is 2.07. The van der Waals surface area contributed by atoms with Gasteiger partial charge in [0.05, 0.1) is 0 Å². The van der Waals surface area contributed by atoms with E-state index in [4.69, 9.17) is 0 Å². The fourth-order valence-electron chi connectivity index (χ4n) is 2.60. The fraction of sp³-hybridized carbons (Fsp3) is 0.529. The Morgan fingerprint density at radius 3 is 2.22 bits per heavy atom. The minimum atomic E-state index is 0.00744. The average molecular weight is 318 g/mol. The predicted molar refractivity (Wildman–Crippen MR) is 91.8 cm³/mol. The maximum atomic E-state index is 12.4. The Morgan fingerprint density at radius 2 is 1.70 bits per heavy atom. The number of rotatable bonds is 5.